The Hall–Kier alpha value is -1.02. The van der Waals surface area contributed by atoms with Crippen LogP contribution < -0.4 is 10.5 Å². The van der Waals surface area contributed by atoms with E-state index in [2.05, 4.69) is 4.72 Å². The Morgan fingerprint density at radius 3 is 2.58 bits per heavy atom. The van der Waals surface area contributed by atoms with E-state index >= 15 is 0 Å². The van der Waals surface area contributed by atoms with Crippen molar-refractivity contribution in [3.8, 4) is 0 Å². The van der Waals surface area contributed by atoms with Crippen LogP contribution in [0.2, 0.25) is 0 Å². The molecule has 0 unspecified atom stereocenters. The molecular formula is C12H19FN2O3S. The van der Waals surface area contributed by atoms with E-state index in [1.165, 1.54) is 19.2 Å². The number of benzene rings is 1. The fourth-order valence-corrected chi connectivity index (χ4v) is 2.55. The fourth-order valence-electron chi connectivity index (χ4n) is 1.30. The highest BCUT2D eigenvalue weighted by molar-refractivity contribution is 7.89. The Kier molecular flexibility index (Phi) is 5.03. The van der Waals surface area contributed by atoms with Gasteiger partial charge in [0.2, 0.25) is 10.0 Å². The number of sulfonamides is 1. The zero-order valence-electron chi connectivity index (χ0n) is 11.2. The molecule has 19 heavy (non-hydrogen) atoms. The molecule has 0 heterocycles. The second kappa shape index (κ2) is 5.96. The molecular weight excluding hydrogens is 271 g/mol. The van der Waals surface area contributed by atoms with Crippen molar-refractivity contribution >= 4 is 10.0 Å². The van der Waals surface area contributed by atoms with Crippen LogP contribution >= 0.6 is 0 Å². The summed E-state index contributed by atoms with van der Waals surface area (Å²) in [5.74, 6) is -0.515. The second-order valence-corrected chi connectivity index (χ2v) is 6.51. The van der Waals surface area contributed by atoms with Crippen LogP contribution in [0.5, 0.6) is 0 Å². The van der Waals surface area contributed by atoms with Crippen molar-refractivity contribution in [2.24, 2.45) is 5.73 Å². The van der Waals surface area contributed by atoms with Crippen molar-refractivity contribution in [1.82, 2.24) is 4.72 Å². The van der Waals surface area contributed by atoms with E-state index in [-0.39, 0.29) is 23.5 Å². The van der Waals surface area contributed by atoms with Gasteiger partial charge in [0.15, 0.2) is 0 Å². The van der Waals surface area contributed by atoms with Gasteiger partial charge >= 0.3 is 0 Å². The summed E-state index contributed by atoms with van der Waals surface area (Å²) >= 11 is 0. The van der Waals surface area contributed by atoms with Crippen molar-refractivity contribution in [3.63, 3.8) is 0 Å². The monoisotopic (exact) mass is 290 g/mol. The highest BCUT2D eigenvalue weighted by Crippen LogP contribution is 2.15. The molecule has 0 spiro atoms. The standard InChI is InChI=1S/C12H19FN2O3S/c1-12(2,18-3)8-15-19(16,17)10-4-5-11(13)9(6-10)7-14/h4-6,15H,7-8,14H2,1-3H3. The van der Waals surface area contributed by atoms with Crippen molar-refractivity contribution in [2.75, 3.05) is 13.7 Å². The summed E-state index contributed by atoms with van der Waals surface area (Å²) < 4.78 is 44.9. The summed E-state index contributed by atoms with van der Waals surface area (Å²) in [4.78, 5) is -0.0127. The van der Waals surface area contributed by atoms with Crippen LogP contribution in [0.25, 0.3) is 0 Å². The molecule has 0 radical (unpaired) electrons. The molecule has 0 saturated carbocycles. The van der Waals surface area contributed by atoms with Gasteiger partial charge in [-0.15, -0.1) is 0 Å². The van der Waals surface area contributed by atoms with Gasteiger partial charge in [-0.1, -0.05) is 0 Å². The number of hydrogen-bond acceptors (Lipinski definition) is 4. The van der Waals surface area contributed by atoms with Gasteiger partial charge in [0, 0.05) is 25.8 Å². The summed E-state index contributed by atoms with van der Waals surface area (Å²) in [5, 5.41) is 0. The smallest absolute Gasteiger partial charge is 0.240 e. The average molecular weight is 290 g/mol. The molecule has 0 fully saturated rings. The molecule has 3 N–H and O–H groups in total. The molecule has 108 valence electrons. The van der Waals surface area contributed by atoms with E-state index in [4.69, 9.17) is 10.5 Å². The number of ether oxygens (including phenoxy) is 1. The Morgan fingerprint density at radius 2 is 2.05 bits per heavy atom. The predicted octanol–water partition coefficient (Wildman–Crippen LogP) is 0.988. The minimum Gasteiger partial charge on any atom is -0.377 e. The highest BCUT2D eigenvalue weighted by atomic mass is 32.2. The van der Waals surface area contributed by atoms with E-state index in [0.29, 0.717) is 0 Å². The van der Waals surface area contributed by atoms with Crippen molar-refractivity contribution < 1.29 is 17.5 Å². The first-order valence-corrected chi connectivity index (χ1v) is 7.23. The van der Waals surface area contributed by atoms with Gasteiger partial charge in [0.1, 0.15) is 5.82 Å². The lowest BCUT2D eigenvalue weighted by Crippen LogP contribution is -2.39. The van der Waals surface area contributed by atoms with Gasteiger partial charge in [0.25, 0.3) is 0 Å². The van der Waals surface area contributed by atoms with Crippen LogP contribution in [0.1, 0.15) is 19.4 Å². The Morgan fingerprint density at radius 1 is 1.42 bits per heavy atom. The maximum atomic E-state index is 13.3. The quantitative estimate of drug-likeness (QED) is 0.818. The Labute approximate surface area is 113 Å². The van der Waals surface area contributed by atoms with Gasteiger partial charge in [0.05, 0.1) is 10.5 Å². The van der Waals surface area contributed by atoms with E-state index in [1.807, 2.05) is 0 Å². The predicted molar refractivity (Wildman–Crippen MR) is 70.6 cm³/mol. The first-order chi connectivity index (χ1) is 8.72. The fraction of sp³-hybridized carbons (Fsp3) is 0.500. The summed E-state index contributed by atoms with van der Waals surface area (Å²) in [5.41, 5.74) is 4.89. The van der Waals surface area contributed by atoms with Crippen molar-refractivity contribution in [3.05, 3.63) is 29.6 Å². The minimum atomic E-state index is -3.71. The maximum Gasteiger partial charge on any atom is 0.240 e. The molecule has 0 aromatic heterocycles. The normalized spacial score (nSPS) is 12.7. The van der Waals surface area contributed by atoms with Gasteiger partial charge < -0.3 is 10.5 Å². The minimum absolute atomic E-state index is 0.0127. The van der Waals surface area contributed by atoms with Crippen LogP contribution in [0.3, 0.4) is 0 Å². The summed E-state index contributed by atoms with van der Waals surface area (Å²) in [7, 11) is -2.21. The van der Waals surface area contributed by atoms with E-state index in [1.54, 1.807) is 13.8 Å². The molecule has 0 bridgehead atoms. The Balaban J connectivity index is 2.95. The van der Waals surface area contributed by atoms with Gasteiger partial charge in [-0.2, -0.15) is 0 Å². The first-order valence-electron chi connectivity index (χ1n) is 5.75. The van der Waals surface area contributed by atoms with Crippen molar-refractivity contribution in [2.45, 2.75) is 30.9 Å². The van der Waals surface area contributed by atoms with Crippen LogP contribution in [0, 0.1) is 5.82 Å². The highest BCUT2D eigenvalue weighted by Gasteiger charge is 2.22. The molecule has 0 aliphatic carbocycles. The third-order valence-corrected chi connectivity index (χ3v) is 4.19. The SMILES string of the molecule is COC(C)(C)CNS(=O)(=O)c1ccc(F)c(CN)c1. The van der Waals surface area contributed by atoms with E-state index in [0.717, 1.165) is 6.07 Å². The third kappa shape index (κ3) is 4.24. The summed E-state index contributed by atoms with van der Waals surface area (Å²) in [6, 6.07) is 3.53. The van der Waals surface area contributed by atoms with Gasteiger partial charge in [-0.05, 0) is 32.0 Å². The molecule has 0 aliphatic rings. The molecule has 1 rings (SSSR count). The largest absolute Gasteiger partial charge is 0.377 e. The number of hydrogen-bond donors (Lipinski definition) is 2. The molecule has 7 heteroatoms. The number of halogens is 1. The van der Waals surface area contributed by atoms with Crippen LogP contribution in [0.15, 0.2) is 23.1 Å². The summed E-state index contributed by atoms with van der Waals surface area (Å²) in [6.45, 7) is 3.57. The van der Waals surface area contributed by atoms with E-state index < -0.39 is 21.4 Å². The lowest BCUT2D eigenvalue weighted by molar-refractivity contribution is 0.0276. The number of nitrogens with one attached hydrogen (secondary N) is 1. The topological polar surface area (TPSA) is 81.4 Å². The van der Waals surface area contributed by atoms with E-state index in [9.17, 15) is 12.8 Å². The molecule has 0 aliphatic heterocycles. The number of methoxy groups -OCH3 is 1. The Bertz CT molecular complexity index is 544. The maximum absolute atomic E-state index is 13.3. The summed E-state index contributed by atoms with van der Waals surface area (Å²) in [6.07, 6.45) is 0. The van der Waals surface area contributed by atoms with Gasteiger partial charge in [-0.3, -0.25) is 0 Å². The first kappa shape index (κ1) is 16.0. The molecule has 1 aromatic rings. The molecule has 5 nitrogen and oxygen atoms in total. The molecule has 0 amide bonds. The zero-order chi connectivity index (χ0) is 14.7. The van der Waals surface area contributed by atoms with Crippen molar-refractivity contribution in [1.29, 1.82) is 0 Å². The number of nitrogens with two attached hydrogens (primary N) is 1. The molecule has 0 saturated heterocycles. The third-order valence-electron chi connectivity index (χ3n) is 2.79. The molecule has 0 atom stereocenters. The van der Waals surface area contributed by atoms with Crippen LogP contribution in [-0.2, 0) is 21.3 Å². The van der Waals surface area contributed by atoms with Crippen LogP contribution in [0.4, 0.5) is 4.39 Å². The number of rotatable bonds is 6. The lowest BCUT2D eigenvalue weighted by Gasteiger charge is -2.23. The lowest BCUT2D eigenvalue weighted by atomic mass is 10.1. The molecule has 1 aromatic carbocycles. The second-order valence-electron chi connectivity index (χ2n) is 4.75. The van der Waals surface area contributed by atoms with Gasteiger partial charge in [-0.25, -0.2) is 17.5 Å². The average Bonchev–Trinajstić information content (AvgIpc) is 2.37. The van der Waals surface area contributed by atoms with Crippen LogP contribution in [-0.4, -0.2) is 27.7 Å². The zero-order valence-corrected chi connectivity index (χ0v) is 12.1.